The molecule has 0 saturated carbocycles. The number of aryl methyl sites for hydroxylation is 1. The molecule has 4 rings (SSSR count). The molecule has 25 heavy (non-hydrogen) atoms. The first-order valence-electron chi connectivity index (χ1n) is 7.65. The normalized spacial score (nSPS) is 11.3. The predicted octanol–water partition coefficient (Wildman–Crippen LogP) is 2.80. The largest absolute Gasteiger partial charge is 0.481 e. The molecule has 8 heteroatoms. The number of imidazole rings is 1. The molecule has 0 bridgehead atoms. The average Bonchev–Trinajstić information content (AvgIpc) is 3.01. The molecule has 0 aliphatic rings. The molecule has 0 radical (unpaired) electrons. The summed E-state index contributed by atoms with van der Waals surface area (Å²) in [6.45, 7) is 1.98. The SMILES string of the molecule is COc1ccc2[nH]c(SCc3nc4cc(C)ccc4c(=O)[nH]3)nc2n1. The fraction of sp³-hybridized carbons (Fsp3) is 0.176. The van der Waals surface area contributed by atoms with Crippen molar-refractivity contribution < 1.29 is 4.74 Å². The minimum Gasteiger partial charge on any atom is -0.481 e. The van der Waals surface area contributed by atoms with Crippen LogP contribution in [0.2, 0.25) is 0 Å². The van der Waals surface area contributed by atoms with Gasteiger partial charge in [-0.3, -0.25) is 4.79 Å². The van der Waals surface area contributed by atoms with Crippen LogP contribution < -0.4 is 10.3 Å². The van der Waals surface area contributed by atoms with Crippen molar-refractivity contribution in [2.45, 2.75) is 17.8 Å². The van der Waals surface area contributed by atoms with Crippen molar-refractivity contribution >= 4 is 33.8 Å². The van der Waals surface area contributed by atoms with Crippen molar-refractivity contribution in [3.05, 3.63) is 52.1 Å². The quantitative estimate of drug-likeness (QED) is 0.548. The number of fused-ring (bicyclic) bond motifs is 2. The van der Waals surface area contributed by atoms with Crippen LogP contribution in [-0.2, 0) is 5.75 Å². The van der Waals surface area contributed by atoms with Crippen molar-refractivity contribution in [1.82, 2.24) is 24.9 Å². The maximum absolute atomic E-state index is 12.2. The molecule has 1 aromatic carbocycles. The molecule has 0 aliphatic carbocycles. The summed E-state index contributed by atoms with van der Waals surface area (Å²) in [6, 6.07) is 9.27. The first-order valence-corrected chi connectivity index (χ1v) is 8.64. The van der Waals surface area contributed by atoms with Gasteiger partial charge in [0.2, 0.25) is 5.88 Å². The van der Waals surface area contributed by atoms with Crippen LogP contribution in [0.25, 0.3) is 22.1 Å². The molecule has 0 unspecified atom stereocenters. The van der Waals surface area contributed by atoms with Crippen LogP contribution in [0.5, 0.6) is 5.88 Å². The second-order valence-electron chi connectivity index (χ2n) is 5.59. The summed E-state index contributed by atoms with van der Waals surface area (Å²) in [5, 5.41) is 1.31. The summed E-state index contributed by atoms with van der Waals surface area (Å²) >= 11 is 1.45. The Morgan fingerprint density at radius 1 is 1.12 bits per heavy atom. The number of methoxy groups -OCH3 is 1. The number of H-pyrrole nitrogens is 2. The van der Waals surface area contributed by atoms with E-state index in [1.165, 1.54) is 11.8 Å². The number of aromatic nitrogens is 5. The highest BCUT2D eigenvalue weighted by atomic mass is 32.2. The number of hydrogen-bond acceptors (Lipinski definition) is 6. The monoisotopic (exact) mass is 353 g/mol. The number of pyridine rings is 1. The van der Waals surface area contributed by atoms with Crippen LogP contribution in [-0.4, -0.2) is 32.0 Å². The molecule has 0 amide bonds. The Bertz CT molecular complexity index is 1130. The standard InChI is InChI=1S/C17H15N5O2S/c1-9-3-4-10-12(7-9)18-13(20-16(10)23)8-25-17-19-11-5-6-14(24-2)21-15(11)22-17/h3-7H,8H2,1-2H3,(H,18,20,23)(H,19,21,22). The first-order chi connectivity index (χ1) is 12.1. The van der Waals surface area contributed by atoms with Crippen molar-refractivity contribution in [2.24, 2.45) is 0 Å². The number of nitrogens with one attached hydrogen (secondary N) is 2. The molecule has 0 saturated heterocycles. The molecule has 2 N–H and O–H groups in total. The molecule has 0 aliphatic heterocycles. The summed E-state index contributed by atoms with van der Waals surface area (Å²) < 4.78 is 5.10. The summed E-state index contributed by atoms with van der Waals surface area (Å²) in [5.41, 5.74) is 3.07. The summed E-state index contributed by atoms with van der Waals surface area (Å²) in [4.78, 5) is 31.5. The zero-order valence-corrected chi connectivity index (χ0v) is 14.5. The molecule has 126 valence electrons. The lowest BCUT2D eigenvalue weighted by atomic mass is 10.2. The molecule has 3 heterocycles. The summed E-state index contributed by atoms with van der Waals surface area (Å²) in [6.07, 6.45) is 0. The number of nitrogens with zero attached hydrogens (tertiary/aromatic N) is 3. The van der Waals surface area contributed by atoms with E-state index in [4.69, 9.17) is 4.74 Å². The van der Waals surface area contributed by atoms with Gasteiger partial charge in [0.25, 0.3) is 5.56 Å². The van der Waals surface area contributed by atoms with Crippen molar-refractivity contribution in [1.29, 1.82) is 0 Å². The van der Waals surface area contributed by atoms with Crippen LogP contribution in [0.15, 0.2) is 40.3 Å². The third kappa shape index (κ3) is 3.08. The summed E-state index contributed by atoms with van der Waals surface area (Å²) in [7, 11) is 1.57. The van der Waals surface area contributed by atoms with E-state index in [1.807, 2.05) is 25.1 Å². The van der Waals surface area contributed by atoms with E-state index >= 15 is 0 Å². The topological polar surface area (TPSA) is 96.5 Å². The van der Waals surface area contributed by atoms with E-state index in [1.54, 1.807) is 19.2 Å². The van der Waals surface area contributed by atoms with Crippen LogP contribution in [0.1, 0.15) is 11.4 Å². The van der Waals surface area contributed by atoms with Gasteiger partial charge in [0.15, 0.2) is 10.8 Å². The maximum Gasteiger partial charge on any atom is 0.258 e. The highest BCUT2D eigenvalue weighted by Gasteiger charge is 2.09. The van der Waals surface area contributed by atoms with E-state index < -0.39 is 0 Å². The number of thioether (sulfide) groups is 1. The minimum atomic E-state index is -0.128. The van der Waals surface area contributed by atoms with Crippen molar-refractivity contribution in [3.63, 3.8) is 0 Å². The van der Waals surface area contributed by atoms with Gasteiger partial charge in [-0.15, -0.1) is 0 Å². The predicted molar refractivity (Wildman–Crippen MR) is 97.1 cm³/mol. The third-order valence-electron chi connectivity index (χ3n) is 3.76. The van der Waals surface area contributed by atoms with Gasteiger partial charge in [0.1, 0.15) is 5.82 Å². The first kappa shape index (κ1) is 15.6. The molecule has 4 aromatic rings. The fourth-order valence-corrected chi connectivity index (χ4v) is 3.28. The summed E-state index contributed by atoms with van der Waals surface area (Å²) in [5.74, 6) is 1.63. The molecule has 3 aromatic heterocycles. The minimum absolute atomic E-state index is 0.128. The number of benzene rings is 1. The number of ether oxygens (including phenoxy) is 1. The molecule has 0 spiro atoms. The Morgan fingerprint density at radius 3 is 2.84 bits per heavy atom. The Morgan fingerprint density at radius 2 is 2.00 bits per heavy atom. The lowest BCUT2D eigenvalue weighted by Crippen LogP contribution is -2.11. The molecular weight excluding hydrogens is 338 g/mol. The molecule has 7 nitrogen and oxygen atoms in total. The zero-order chi connectivity index (χ0) is 17.4. The Balaban J connectivity index is 1.60. The van der Waals surface area contributed by atoms with Gasteiger partial charge in [0.05, 0.1) is 29.3 Å². The van der Waals surface area contributed by atoms with Crippen LogP contribution >= 0.6 is 11.8 Å². The van der Waals surface area contributed by atoms with Gasteiger partial charge in [-0.25, -0.2) is 9.97 Å². The Hall–Kier alpha value is -2.87. The van der Waals surface area contributed by atoms with Gasteiger partial charge >= 0.3 is 0 Å². The molecule has 0 atom stereocenters. The lowest BCUT2D eigenvalue weighted by Gasteiger charge is -2.02. The number of rotatable bonds is 4. The van der Waals surface area contributed by atoms with Gasteiger partial charge in [-0.2, -0.15) is 4.98 Å². The van der Waals surface area contributed by atoms with Crippen LogP contribution in [0, 0.1) is 6.92 Å². The van der Waals surface area contributed by atoms with E-state index in [2.05, 4.69) is 24.9 Å². The van der Waals surface area contributed by atoms with Gasteiger partial charge in [-0.1, -0.05) is 17.8 Å². The molecular formula is C17H15N5O2S. The highest BCUT2D eigenvalue weighted by Crippen LogP contribution is 2.22. The van der Waals surface area contributed by atoms with Gasteiger partial charge in [-0.05, 0) is 30.7 Å². The Labute approximate surface area is 146 Å². The lowest BCUT2D eigenvalue weighted by molar-refractivity contribution is 0.399. The van der Waals surface area contributed by atoms with E-state index in [0.717, 1.165) is 11.1 Å². The van der Waals surface area contributed by atoms with E-state index in [-0.39, 0.29) is 5.56 Å². The Kier molecular flexibility index (Phi) is 3.89. The fourth-order valence-electron chi connectivity index (χ4n) is 2.54. The number of hydrogen-bond donors (Lipinski definition) is 2. The van der Waals surface area contributed by atoms with Crippen LogP contribution in [0.4, 0.5) is 0 Å². The van der Waals surface area contributed by atoms with Gasteiger partial charge in [0, 0.05) is 6.07 Å². The van der Waals surface area contributed by atoms with E-state index in [0.29, 0.717) is 39.2 Å². The number of aromatic amines is 2. The highest BCUT2D eigenvalue weighted by molar-refractivity contribution is 7.98. The van der Waals surface area contributed by atoms with Crippen molar-refractivity contribution in [3.8, 4) is 5.88 Å². The smallest absolute Gasteiger partial charge is 0.258 e. The second-order valence-corrected chi connectivity index (χ2v) is 6.55. The zero-order valence-electron chi connectivity index (χ0n) is 13.7. The van der Waals surface area contributed by atoms with E-state index in [9.17, 15) is 4.79 Å². The third-order valence-corrected chi connectivity index (χ3v) is 4.65. The maximum atomic E-state index is 12.2. The van der Waals surface area contributed by atoms with Gasteiger partial charge < -0.3 is 14.7 Å². The van der Waals surface area contributed by atoms with Crippen LogP contribution in [0.3, 0.4) is 0 Å². The molecule has 0 fully saturated rings. The van der Waals surface area contributed by atoms with Crippen molar-refractivity contribution in [2.75, 3.05) is 7.11 Å². The second kappa shape index (κ2) is 6.21. The average molecular weight is 353 g/mol.